The standard InChI is InChI=1S/C18H18N2O/c1-12(2)17-19-15-11-7-8-13(3)16(15)18(21)20(17)14-9-5-4-6-10-14/h4-12H,1-3H3. The first-order valence-corrected chi connectivity index (χ1v) is 7.17. The van der Waals surface area contributed by atoms with Gasteiger partial charge in [0, 0.05) is 5.92 Å². The zero-order chi connectivity index (χ0) is 15.0. The quantitative estimate of drug-likeness (QED) is 0.714. The zero-order valence-corrected chi connectivity index (χ0v) is 12.5. The van der Waals surface area contributed by atoms with Crippen LogP contribution in [-0.2, 0) is 0 Å². The topological polar surface area (TPSA) is 34.9 Å². The second-order valence-corrected chi connectivity index (χ2v) is 5.57. The Hall–Kier alpha value is -2.42. The van der Waals surface area contributed by atoms with Crippen LogP contribution in [0.2, 0.25) is 0 Å². The van der Waals surface area contributed by atoms with Gasteiger partial charge in [-0.25, -0.2) is 4.98 Å². The molecule has 0 aliphatic heterocycles. The number of rotatable bonds is 2. The average Bonchev–Trinajstić information content (AvgIpc) is 2.47. The third kappa shape index (κ3) is 2.25. The van der Waals surface area contributed by atoms with Crippen LogP contribution >= 0.6 is 0 Å². The van der Waals surface area contributed by atoms with Crippen LogP contribution in [0.1, 0.15) is 31.2 Å². The number of benzene rings is 2. The Morgan fingerprint density at radius 1 is 1.00 bits per heavy atom. The molecule has 0 aliphatic rings. The van der Waals surface area contributed by atoms with E-state index in [0.29, 0.717) is 5.39 Å². The maximum absolute atomic E-state index is 13.0. The second-order valence-electron chi connectivity index (χ2n) is 5.57. The second kappa shape index (κ2) is 5.17. The molecule has 0 amide bonds. The summed E-state index contributed by atoms with van der Waals surface area (Å²) in [6.45, 7) is 6.07. The summed E-state index contributed by atoms with van der Waals surface area (Å²) < 4.78 is 1.74. The number of aromatic nitrogens is 2. The minimum atomic E-state index is 0.00741. The molecule has 21 heavy (non-hydrogen) atoms. The first kappa shape index (κ1) is 13.6. The van der Waals surface area contributed by atoms with Crippen molar-refractivity contribution in [2.45, 2.75) is 26.7 Å². The fourth-order valence-corrected chi connectivity index (χ4v) is 2.63. The van der Waals surface area contributed by atoms with Crippen molar-refractivity contribution >= 4 is 10.9 Å². The van der Waals surface area contributed by atoms with Crippen molar-refractivity contribution in [3.63, 3.8) is 0 Å². The van der Waals surface area contributed by atoms with E-state index in [-0.39, 0.29) is 11.5 Å². The summed E-state index contributed by atoms with van der Waals surface area (Å²) in [6, 6.07) is 15.5. The summed E-state index contributed by atoms with van der Waals surface area (Å²) >= 11 is 0. The van der Waals surface area contributed by atoms with Crippen LogP contribution in [0.4, 0.5) is 0 Å². The Bertz CT molecular complexity index is 848. The third-order valence-corrected chi connectivity index (χ3v) is 3.66. The summed E-state index contributed by atoms with van der Waals surface area (Å²) in [5.74, 6) is 0.965. The van der Waals surface area contributed by atoms with Crippen LogP contribution in [0, 0.1) is 6.92 Å². The van der Waals surface area contributed by atoms with Crippen molar-refractivity contribution in [2.75, 3.05) is 0 Å². The van der Waals surface area contributed by atoms with Crippen LogP contribution < -0.4 is 5.56 Å². The highest BCUT2D eigenvalue weighted by molar-refractivity contribution is 5.81. The lowest BCUT2D eigenvalue weighted by atomic mass is 10.1. The zero-order valence-electron chi connectivity index (χ0n) is 12.5. The van der Waals surface area contributed by atoms with E-state index in [4.69, 9.17) is 4.98 Å². The Morgan fingerprint density at radius 2 is 1.71 bits per heavy atom. The summed E-state index contributed by atoms with van der Waals surface area (Å²) in [6.07, 6.45) is 0. The van der Waals surface area contributed by atoms with Crippen molar-refractivity contribution < 1.29 is 0 Å². The van der Waals surface area contributed by atoms with Gasteiger partial charge in [-0.1, -0.05) is 44.2 Å². The lowest BCUT2D eigenvalue weighted by molar-refractivity contribution is 0.723. The van der Waals surface area contributed by atoms with Gasteiger partial charge in [0.1, 0.15) is 5.82 Å². The Labute approximate surface area is 123 Å². The molecule has 3 heteroatoms. The molecule has 0 saturated carbocycles. The highest BCUT2D eigenvalue weighted by Gasteiger charge is 2.15. The molecule has 3 rings (SSSR count). The molecule has 0 unspecified atom stereocenters. The van der Waals surface area contributed by atoms with Gasteiger partial charge in [-0.3, -0.25) is 9.36 Å². The van der Waals surface area contributed by atoms with E-state index in [1.165, 1.54) is 0 Å². The van der Waals surface area contributed by atoms with E-state index >= 15 is 0 Å². The Morgan fingerprint density at radius 3 is 2.38 bits per heavy atom. The lowest BCUT2D eigenvalue weighted by Crippen LogP contribution is -2.25. The van der Waals surface area contributed by atoms with E-state index < -0.39 is 0 Å². The molecule has 106 valence electrons. The van der Waals surface area contributed by atoms with Gasteiger partial charge in [0.05, 0.1) is 16.6 Å². The predicted molar refractivity (Wildman–Crippen MR) is 86.2 cm³/mol. The van der Waals surface area contributed by atoms with Gasteiger partial charge in [0.25, 0.3) is 5.56 Å². The smallest absolute Gasteiger partial charge is 0.266 e. The van der Waals surface area contributed by atoms with E-state index in [1.807, 2.05) is 55.5 Å². The molecule has 2 aromatic carbocycles. The van der Waals surface area contributed by atoms with Crippen molar-refractivity contribution in [2.24, 2.45) is 0 Å². The van der Waals surface area contributed by atoms with Crippen molar-refractivity contribution in [1.82, 2.24) is 9.55 Å². The Balaban J connectivity index is 2.47. The Kier molecular flexibility index (Phi) is 3.34. The fourth-order valence-electron chi connectivity index (χ4n) is 2.63. The van der Waals surface area contributed by atoms with Gasteiger partial charge < -0.3 is 0 Å². The summed E-state index contributed by atoms with van der Waals surface area (Å²) in [5.41, 5.74) is 2.61. The number of nitrogens with zero attached hydrogens (tertiary/aromatic N) is 2. The minimum absolute atomic E-state index is 0.00741. The molecule has 0 bridgehead atoms. The number of para-hydroxylation sites is 1. The molecule has 0 N–H and O–H groups in total. The molecule has 3 nitrogen and oxygen atoms in total. The van der Waals surface area contributed by atoms with Crippen LogP contribution in [0.5, 0.6) is 0 Å². The fraction of sp³-hybridized carbons (Fsp3) is 0.222. The van der Waals surface area contributed by atoms with Crippen molar-refractivity contribution in [3.8, 4) is 5.69 Å². The minimum Gasteiger partial charge on any atom is -0.268 e. The molecule has 1 aromatic heterocycles. The number of fused-ring (bicyclic) bond motifs is 1. The number of hydrogen-bond acceptors (Lipinski definition) is 2. The molecule has 3 aromatic rings. The maximum atomic E-state index is 13.0. The van der Waals surface area contributed by atoms with Crippen LogP contribution in [0.3, 0.4) is 0 Å². The highest BCUT2D eigenvalue weighted by Crippen LogP contribution is 2.20. The normalized spacial score (nSPS) is 11.2. The molecular formula is C18H18N2O. The first-order valence-electron chi connectivity index (χ1n) is 7.17. The molecule has 0 aliphatic carbocycles. The van der Waals surface area contributed by atoms with Gasteiger partial charge in [0.15, 0.2) is 0 Å². The lowest BCUT2D eigenvalue weighted by Gasteiger charge is -2.16. The summed E-state index contributed by atoms with van der Waals surface area (Å²) in [5, 5.41) is 0.700. The molecule has 0 spiro atoms. The van der Waals surface area contributed by atoms with Crippen LogP contribution in [0.25, 0.3) is 16.6 Å². The van der Waals surface area contributed by atoms with E-state index in [0.717, 1.165) is 22.6 Å². The monoisotopic (exact) mass is 278 g/mol. The largest absolute Gasteiger partial charge is 0.268 e. The molecule has 0 fully saturated rings. The molecular weight excluding hydrogens is 260 g/mol. The summed E-state index contributed by atoms with van der Waals surface area (Å²) in [4.78, 5) is 17.7. The van der Waals surface area contributed by atoms with Gasteiger partial charge in [0.2, 0.25) is 0 Å². The van der Waals surface area contributed by atoms with Crippen molar-refractivity contribution in [3.05, 3.63) is 70.3 Å². The third-order valence-electron chi connectivity index (χ3n) is 3.66. The SMILES string of the molecule is Cc1cccc2nc(C(C)C)n(-c3ccccc3)c(=O)c12. The van der Waals surface area contributed by atoms with E-state index in [9.17, 15) is 4.79 Å². The van der Waals surface area contributed by atoms with Gasteiger partial charge in [-0.05, 0) is 30.7 Å². The number of hydrogen-bond donors (Lipinski definition) is 0. The highest BCUT2D eigenvalue weighted by atomic mass is 16.1. The molecule has 1 heterocycles. The first-order chi connectivity index (χ1) is 10.1. The van der Waals surface area contributed by atoms with Crippen LogP contribution in [0.15, 0.2) is 53.3 Å². The van der Waals surface area contributed by atoms with Crippen LogP contribution in [-0.4, -0.2) is 9.55 Å². The average molecular weight is 278 g/mol. The molecule has 0 radical (unpaired) electrons. The van der Waals surface area contributed by atoms with Gasteiger partial charge in [-0.15, -0.1) is 0 Å². The van der Waals surface area contributed by atoms with Gasteiger partial charge >= 0.3 is 0 Å². The predicted octanol–water partition coefficient (Wildman–Crippen LogP) is 3.82. The van der Waals surface area contributed by atoms with Gasteiger partial charge in [-0.2, -0.15) is 0 Å². The maximum Gasteiger partial charge on any atom is 0.266 e. The molecule has 0 atom stereocenters. The van der Waals surface area contributed by atoms with Crippen molar-refractivity contribution in [1.29, 1.82) is 0 Å². The van der Waals surface area contributed by atoms with E-state index in [1.54, 1.807) is 4.57 Å². The number of aryl methyl sites for hydroxylation is 1. The molecule has 0 saturated heterocycles. The summed E-state index contributed by atoms with van der Waals surface area (Å²) in [7, 11) is 0. The van der Waals surface area contributed by atoms with E-state index in [2.05, 4.69) is 13.8 Å².